The number of carbonyl (C=O) groups excluding carboxylic acids is 1. The Labute approximate surface area is 106 Å². The van der Waals surface area contributed by atoms with Gasteiger partial charge in [0.2, 0.25) is 0 Å². The number of hydrogen-bond acceptors (Lipinski definition) is 5. The van der Waals surface area contributed by atoms with E-state index in [0.29, 0.717) is 0 Å². The van der Waals surface area contributed by atoms with Gasteiger partial charge in [-0.05, 0) is 34.7 Å². The van der Waals surface area contributed by atoms with Crippen LogP contribution in [0.25, 0.3) is 0 Å². The number of rotatable bonds is 2. The minimum atomic E-state index is -4.47. The van der Waals surface area contributed by atoms with E-state index in [-0.39, 0.29) is 14.8 Å². The van der Waals surface area contributed by atoms with E-state index in [1.807, 2.05) is 0 Å². The number of methoxy groups -OCH3 is 1. The number of nitrogen functional groups attached to an aromatic ring is 1. The van der Waals surface area contributed by atoms with E-state index in [2.05, 4.69) is 4.74 Å². The Bertz CT molecular complexity index is 540. The Morgan fingerprint density at radius 1 is 1.50 bits per heavy atom. The van der Waals surface area contributed by atoms with Crippen molar-refractivity contribution in [3.8, 4) is 0 Å². The summed E-state index contributed by atoms with van der Waals surface area (Å²) < 4.78 is 35.7. The van der Waals surface area contributed by atoms with Crippen molar-refractivity contribution >= 4 is 44.4 Å². The summed E-state index contributed by atoms with van der Waals surface area (Å²) in [5, 5.41) is 0. The zero-order chi connectivity index (χ0) is 12.5. The van der Waals surface area contributed by atoms with E-state index < -0.39 is 21.0 Å². The standard InChI is InChI=1S/C8H8INO5S/c1-15-8(11)4-2-3-5(9)7(6(4)10)16(12,13)14/h2-3H,10H2,1H3,(H,12,13,14). The minimum Gasteiger partial charge on any atom is -0.465 e. The molecule has 0 heterocycles. The van der Waals surface area contributed by atoms with Gasteiger partial charge in [0, 0.05) is 3.57 Å². The number of nitrogens with two attached hydrogens (primary N) is 1. The number of esters is 1. The molecule has 0 bridgehead atoms. The molecule has 0 aliphatic rings. The van der Waals surface area contributed by atoms with Crippen molar-refractivity contribution in [2.24, 2.45) is 0 Å². The zero-order valence-electron chi connectivity index (χ0n) is 8.10. The molecule has 88 valence electrons. The first-order chi connectivity index (χ1) is 7.29. The molecule has 0 saturated carbocycles. The van der Waals surface area contributed by atoms with Gasteiger partial charge in [0.15, 0.2) is 0 Å². The third-order valence-corrected chi connectivity index (χ3v) is 4.03. The summed E-state index contributed by atoms with van der Waals surface area (Å²) in [5.74, 6) is -0.765. The van der Waals surface area contributed by atoms with E-state index >= 15 is 0 Å². The lowest BCUT2D eigenvalue weighted by Gasteiger charge is -2.09. The molecule has 6 nitrogen and oxygen atoms in total. The third-order valence-electron chi connectivity index (χ3n) is 1.81. The SMILES string of the molecule is COC(=O)c1ccc(I)c(S(=O)(=O)O)c1N. The first kappa shape index (κ1) is 13.2. The summed E-state index contributed by atoms with van der Waals surface area (Å²) in [5.41, 5.74) is 5.08. The number of hydrogen-bond donors (Lipinski definition) is 2. The Hall–Kier alpha value is -0.870. The van der Waals surface area contributed by atoms with Crippen molar-refractivity contribution in [3.05, 3.63) is 21.3 Å². The van der Waals surface area contributed by atoms with E-state index in [9.17, 15) is 13.2 Å². The zero-order valence-corrected chi connectivity index (χ0v) is 11.1. The average Bonchev–Trinajstić information content (AvgIpc) is 2.14. The number of ether oxygens (including phenoxy) is 1. The Morgan fingerprint density at radius 3 is 2.50 bits per heavy atom. The molecule has 0 aliphatic heterocycles. The van der Waals surface area contributed by atoms with Gasteiger partial charge in [-0.15, -0.1) is 0 Å². The average molecular weight is 357 g/mol. The molecule has 0 radical (unpaired) electrons. The lowest BCUT2D eigenvalue weighted by Crippen LogP contribution is -2.12. The number of carbonyl (C=O) groups is 1. The third kappa shape index (κ3) is 2.44. The summed E-state index contributed by atoms with van der Waals surface area (Å²) in [6.45, 7) is 0. The molecule has 0 atom stereocenters. The monoisotopic (exact) mass is 357 g/mol. The molecular formula is C8H8INO5S. The Balaban J connectivity index is 3.58. The second kappa shape index (κ2) is 4.55. The van der Waals surface area contributed by atoms with Gasteiger partial charge in [-0.25, -0.2) is 4.79 Å². The topological polar surface area (TPSA) is 107 Å². The maximum atomic E-state index is 11.2. The van der Waals surface area contributed by atoms with Gasteiger partial charge in [0.25, 0.3) is 10.1 Å². The normalized spacial score (nSPS) is 11.2. The van der Waals surface area contributed by atoms with Crippen LogP contribution in [-0.4, -0.2) is 26.0 Å². The van der Waals surface area contributed by atoms with E-state index in [1.165, 1.54) is 12.1 Å². The van der Waals surface area contributed by atoms with Crippen LogP contribution < -0.4 is 5.73 Å². The van der Waals surface area contributed by atoms with Gasteiger partial charge >= 0.3 is 5.97 Å². The molecule has 8 heteroatoms. The highest BCUT2D eigenvalue weighted by Crippen LogP contribution is 2.28. The largest absolute Gasteiger partial charge is 0.465 e. The maximum Gasteiger partial charge on any atom is 0.340 e. The van der Waals surface area contributed by atoms with Crippen molar-refractivity contribution < 1.29 is 22.5 Å². The van der Waals surface area contributed by atoms with E-state index in [4.69, 9.17) is 10.3 Å². The fraction of sp³-hybridized carbons (Fsp3) is 0.125. The fourth-order valence-electron chi connectivity index (χ4n) is 1.12. The second-order valence-corrected chi connectivity index (χ2v) is 5.32. The van der Waals surface area contributed by atoms with Crippen LogP contribution in [0, 0.1) is 3.57 Å². The van der Waals surface area contributed by atoms with Gasteiger partial charge < -0.3 is 10.5 Å². The van der Waals surface area contributed by atoms with Crippen LogP contribution in [-0.2, 0) is 14.9 Å². The highest BCUT2D eigenvalue weighted by Gasteiger charge is 2.23. The van der Waals surface area contributed by atoms with Crippen molar-refractivity contribution in [2.75, 3.05) is 12.8 Å². The van der Waals surface area contributed by atoms with Crippen LogP contribution in [0.2, 0.25) is 0 Å². The van der Waals surface area contributed by atoms with E-state index in [0.717, 1.165) is 7.11 Å². The van der Waals surface area contributed by atoms with Crippen LogP contribution in [0.5, 0.6) is 0 Å². The molecule has 1 aromatic rings. The molecule has 0 spiro atoms. The van der Waals surface area contributed by atoms with Crippen LogP contribution >= 0.6 is 22.6 Å². The van der Waals surface area contributed by atoms with Crippen LogP contribution in [0.1, 0.15) is 10.4 Å². The predicted molar refractivity (Wildman–Crippen MR) is 64.7 cm³/mol. The molecule has 0 aliphatic carbocycles. The van der Waals surface area contributed by atoms with Crippen molar-refractivity contribution in [2.45, 2.75) is 4.90 Å². The predicted octanol–water partition coefficient (Wildman–Crippen LogP) is 0.907. The highest BCUT2D eigenvalue weighted by atomic mass is 127. The highest BCUT2D eigenvalue weighted by molar-refractivity contribution is 14.1. The molecular weight excluding hydrogens is 349 g/mol. The summed E-state index contributed by atoms with van der Waals surface area (Å²) in [4.78, 5) is 10.8. The molecule has 1 aromatic carbocycles. The van der Waals surface area contributed by atoms with Crippen molar-refractivity contribution in [1.82, 2.24) is 0 Å². The van der Waals surface area contributed by atoms with E-state index in [1.54, 1.807) is 22.6 Å². The van der Waals surface area contributed by atoms with Crippen molar-refractivity contribution in [1.29, 1.82) is 0 Å². The molecule has 0 amide bonds. The van der Waals surface area contributed by atoms with Crippen LogP contribution in [0.15, 0.2) is 17.0 Å². The lowest BCUT2D eigenvalue weighted by atomic mass is 10.2. The Morgan fingerprint density at radius 2 is 2.06 bits per heavy atom. The van der Waals surface area contributed by atoms with Gasteiger partial charge in [-0.2, -0.15) is 8.42 Å². The van der Waals surface area contributed by atoms with Gasteiger partial charge in [0.1, 0.15) is 4.90 Å². The van der Waals surface area contributed by atoms with Gasteiger partial charge in [-0.1, -0.05) is 0 Å². The first-order valence-corrected chi connectivity index (χ1v) is 6.44. The molecule has 1 rings (SSSR count). The second-order valence-electron chi connectivity index (χ2n) is 2.80. The molecule has 0 unspecified atom stereocenters. The van der Waals surface area contributed by atoms with Gasteiger partial charge in [0.05, 0.1) is 18.4 Å². The molecule has 0 saturated heterocycles. The maximum absolute atomic E-state index is 11.2. The Kier molecular flexibility index (Phi) is 3.76. The quantitative estimate of drug-likeness (QED) is 0.353. The number of benzene rings is 1. The first-order valence-electron chi connectivity index (χ1n) is 3.92. The summed E-state index contributed by atoms with van der Waals surface area (Å²) in [7, 11) is -3.32. The van der Waals surface area contributed by atoms with Crippen LogP contribution in [0.3, 0.4) is 0 Å². The molecule has 0 aromatic heterocycles. The lowest BCUT2D eigenvalue weighted by molar-refractivity contribution is 0.0601. The summed E-state index contributed by atoms with van der Waals surface area (Å²) in [6.07, 6.45) is 0. The van der Waals surface area contributed by atoms with Crippen molar-refractivity contribution in [3.63, 3.8) is 0 Å². The summed E-state index contributed by atoms with van der Waals surface area (Å²) in [6, 6.07) is 2.68. The molecule has 16 heavy (non-hydrogen) atoms. The smallest absolute Gasteiger partial charge is 0.340 e. The summed E-state index contributed by atoms with van der Waals surface area (Å²) >= 11 is 1.69. The van der Waals surface area contributed by atoms with Crippen LogP contribution in [0.4, 0.5) is 5.69 Å². The number of anilines is 1. The van der Waals surface area contributed by atoms with Gasteiger partial charge in [-0.3, -0.25) is 4.55 Å². The minimum absolute atomic E-state index is 0.101. The molecule has 3 N–H and O–H groups in total. The number of halogens is 1. The fourth-order valence-corrected chi connectivity index (χ4v) is 3.13. The molecule has 0 fully saturated rings.